The highest BCUT2D eigenvalue weighted by Crippen LogP contribution is 2.31. The third-order valence-electron chi connectivity index (χ3n) is 2.80. The number of hydrogen-bond donors (Lipinski definition) is 0. The fourth-order valence-corrected chi connectivity index (χ4v) is 2.13. The van der Waals surface area contributed by atoms with Crippen molar-refractivity contribution in [2.75, 3.05) is 20.3 Å². The van der Waals surface area contributed by atoms with Gasteiger partial charge in [0.25, 0.3) is 0 Å². The molecule has 0 unspecified atom stereocenters. The molecule has 0 radical (unpaired) electrons. The van der Waals surface area contributed by atoms with Gasteiger partial charge in [0, 0.05) is 11.1 Å². The van der Waals surface area contributed by atoms with Crippen molar-refractivity contribution in [1.29, 1.82) is 5.26 Å². The molecule has 4 nitrogen and oxygen atoms in total. The summed E-state index contributed by atoms with van der Waals surface area (Å²) < 4.78 is 16.3. The second-order valence-corrected chi connectivity index (χ2v) is 5.06. The molecule has 0 amide bonds. The first-order valence-electron chi connectivity index (χ1n) is 6.43. The van der Waals surface area contributed by atoms with E-state index in [0.29, 0.717) is 32.9 Å². The Kier molecular flexibility index (Phi) is 5.76. The molecule has 0 spiro atoms. The Balaban J connectivity index is 1.97. The monoisotopic (exact) mass is 337 g/mol. The molecule has 0 N–H and O–H groups in total. The number of methoxy groups -OCH3 is 1. The Morgan fingerprint density at radius 3 is 2.55 bits per heavy atom. The van der Waals surface area contributed by atoms with E-state index in [1.54, 1.807) is 36.4 Å². The molecule has 0 bridgehead atoms. The Morgan fingerprint density at radius 2 is 1.82 bits per heavy atom. The third-order valence-corrected chi connectivity index (χ3v) is 3.35. The van der Waals surface area contributed by atoms with E-state index in [9.17, 15) is 0 Å². The lowest BCUT2D eigenvalue weighted by atomic mass is 10.2. The average Bonchev–Trinajstić information content (AvgIpc) is 2.54. The summed E-state index contributed by atoms with van der Waals surface area (Å²) in [4.78, 5) is 0. The lowest BCUT2D eigenvalue weighted by Gasteiger charge is -2.13. The van der Waals surface area contributed by atoms with Crippen LogP contribution in [0.15, 0.2) is 36.4 Å². The van der Waals surface area contributed by atoms with Crippen molar-refractivity contribution >= 4 is 23.2 Å². The maximum atomic E-state index is 9.09. The quantitative estimate of drug-likeness (QED) is 0.736. The van der Waals surface area contributed by atoms with E-state index in [1.807, 2.05) is 0 Å². The minimum atomic E-state index is 0.234. The fraction of sp³-hybridized carbons (Fsp3) is 0.188. The van der Waals surface area contributed by atoms with Gasteiger partial charge in [-0.2, -0.15) is 5.26 Å². The molecule has 0 aliphatic carbocycles. The third kappa shape index (κ3) is 3.97. The van der Waals surface area contributed by atoms with Gasteiger partial charge in [-0.25, -0.2) is 0 Å². The van der Waals surface area contributed by atoms with E-state index in [0.717, 1.165) is 0 Å². The maximum absolute atomic E-state index is 9.09. The molecule has 0 saturated heterocycles. The highest BCUT2D eigenvalue weighted by Gasteiger charge is 2.10. The summed E-state index contributed by atoms with van der Waals surface area (Å²) in [5, 5.41) is 10.1. The Labute approximate surface area is 138 Å². The van der Waals surface area contributed by atoms with Gasteiger partial charge in [0.1, 0.15) is 25.0 Å². The van der Waals surface area contributed by atoms with Crippen molar-refractivity contribution in [1.82, 2.24) is 0 Å². The molecule has 0 aromatic heterocycles. The molecule has 2 rings (SSSR count). The highest BCUT2D eigenvalue weighted by atomic mass is 35.5. The molecule has 0 aliphatic heterocycles. The maximum Gasteiger partial charge on any atom is 0.179 e. The Morgan fingerprint density at radius 1 is 1.05 bits per heavy atom. The zero-order valence-corrected chi connectivity index (χ0v) is 13.3. The normalized spacial score (nSPS) is 9.91. The minimum absolute atomic E-state index is 0.234. The average molecular weight is 338 g/mol. The van der Waals surface area contributed by atoms with Crippen molar-refractivity contribution < 1.29 is 14.2 Å². The van der Waals surface area contributed by atoms with Crippen LogP contribution in [0.4, 0.5) is 0 Å². The van der Waals surface area contributed by atoms with Gasteiger partial charge in [-0.15, -0.1) is 0 Å². The van der Waals surface area contributed by atoms with Gasteiger partial charge in [0.05, 0.1) is 17.7 Å². The topological polar surface area (TPSA) is 51.5 Å². The molecule has 2 aromatic rings. The lowest BCUT2D eigenvalue weighted by molar-refractivity contribution is 0.211. The van der Waals surface area contributed by atoms with Crippen LogP contribution in [0.1, 0.15) is 5.56 Å². The Bertz CT molecular complexity index is 698. The molecule has 0 fully saturated rings. The smallest absolute Gasteiger partial charge is 0.179 e. The zero-order chi connectivity index (χ0) is 15.9. The number of halogens is 2. The molecule has 6 heteroatoms. The molecule has 114 valence electrons. The van der Waals surface area contributed by atoms with Crippen LogP contribution in [-0.2, 0) is 0 Å². The summed E-state index contributed by atoms with van der Waals surface area (Å²) in [7, 11) is 1.52. The van der Waals surface area contributed by atoms with E-state index < -0.39 is 0 Å². The van der Waals surface area contributed by atoms with Crippen molar-refractivity contribution in [2.45, 2.75) is 0 Å². The summed E-state index contributed by atoms with van der Waals surface area (Å²) in [5.74, 6) is 1.38. The predicted octanol–water partition coefficient (Wildman–Crippen LogP) is 4.33. The van der Waals surface area contributed by atoms with Crippen LogP contribution in [0.25, 0.3) is 0 Å². The summed E-state index contributed by atoms with van der Waals surface area (Å²) in [6.45, 7) is 0.487. The van der Waals surface area contributed by atoms with Crippen LogP contribution < -0.4 is 14.2 Å². The van der Waals surface area contributed by atoms with Gasteiger partial charge < -0.3 is 14.2 Å². The van der Waals surface area contributed by atoms with Crippen molar-refractivity contribution in [3.63, 3.8) is 0 Å². The van der Waals surface area contributed by atoms with E-state index in [4.69, 9.17) is 42.7 Å². The molecule has 22 heavy (non-hydrogen) atoms. The number of ether oxygens (including phenoxy) is 3. The van der Waals surface area contributed by atoms with Crippen LogP contribution in [0.3, 0.4) is 0 Å². The van der Waals surface area contributed by atoms with Crippen molar-refractivity contribution in [3.05, 3.63) is 52.0 Å². The van der Waals surface area contributed by atoms with Gasteiger partial charge in [0.2, 0.25) is 0 Å². The molecule has 0 saturated carbocycles. The number of para-hydroxylation sites is 1. The molecular weight excluding hydrogens is 325 g/mol. The molecule has 0 aliphatic rings. The van der Waals surface area contributed by atoms with E-state index in [-0.39, 0.29) is 13.2 Å². The second-order valence-electron chi connectivity index (χ2n) is 4.22. The molecule has 0 heterocycles. The van der Waals surface area contributed by atoms with E-state index in [2.05, 4.69) is 6.07 Å². The first-order valence-corrected chi connectivity index (χ1v) is 7.19. The molecule has 2 aromatic carbocycles. The van der Waals surface area contributed by atoms with E-state index >= 15 is 0 Å². The molecule has 0 atom stereocenters. The number of benzene rings is 2. The number of rotatable bonds is 6. The fourth-order valence-electron chi connectivity index (χ4n) is 1.80. The van der Waals surface area contributed by atoms with Gasteiger partial charge in [-0.05, 0) is 24.3 Å². The number of nitriles is 1. The number of hydrogen-bond acceptors (Lipinski definition) is 4. The summed E-state index contributed by atoms with van der Waals surface area (Å²) >= 11 is 11.9. The first-order chi connectivity index (χ1) is 10.7. The largest absolute Gasteiger partial charge is 0.493 e. The minimum Gasteiger partial charge on any atom is -0.493 e. The van der Waals surface area contributed by atoms with E-state index in [1.165, 1.54) is 7.11 Å². The van der Waals surface area contributed by atoms with Crippen LogP contribution >= 0.6 is 23.2 Å². The van der Waals surface area contributed by atoms with Crippen LogP contribution in [0.2, 0.25) is 10.0 Å². The standard InChI is InChI=1S/C16H13Cl2NO3/c1-20-14-4-2-3-11(10-19)16(14)22-8-7-21-15-9-12(17)5-6-13(15)18/h2-6,9H,7-8H2,1H3. The number of nitrogens with zero attached hydrogens (tertiary/aromatic N) is 1. The summed E-state index contributed by atoms with van der Waals surface area (Å²) in [5.41, 5.74) is 0.403. The SMILES string of the molecule is COc1cccc(C#N)c1OCCOc1cc(Cl)ccc1Cl. The molecular formula is C16H13Cl2NO3. The van der Waals surface area contributed by atoms with Crippen molar-refractivity contribution in [3.8, 4) is 23.3 Å². The first kappa shape index (κ1) is 16.3. The Hall–Kier alpha value is -2.09. The van der Waals surface area contributed by atoms with Crippen molar-refractivity contribution in [2.24, 2.45) is 0 Å². The zero-order valence-electron chi connectivity index (χ0n) is 11.8. The van der Waals surface area contributed by atoms with Crippen LogP contribution in [-0.4, -0.2) is 20.3 Å². The van der Waals surface area contributed by atoms with Gasteiger partial charge >= 0.3 is 0 Å². The highest BCUT2D eigenvalue weighted by molar-refractivity contribution is 6.34. The summed E-state index contributed by atoms with van der Waals surface area (Å²) in [6.07, 6.45) is 0. The predicted molar refractivity (Wildman–Crippen MR) is 85.2 cm³/mol. The van der Waals surface area contributed by atoms with Gasteiger partial charge in [-0.1, -0.05) is 29.3 Å². The second kappa shape index (κ2) is 7.79. The van der Waals surface area contributed by atoms with Crippen LogP contribution in [0, 0.1) is 11.3 Å². The van der Waals surface area contributed by atoms with Crippen LogP contribution in [0.5, 0.6) is 17.2 Å². The summed E-state index contributed by atoms with van der Waals surface area (Å²) in [6, 6.07) is 12.2. The van der Waals surface area contributed by atoms with Gasteiger partial charge in [0.15, 0.2) is 11.5 Å². The van der Waals surface area contributed by atoms with Gasteiger partial charge in [-0.3, -0.25) is 0 Å². The lowest BCUT2D eigenvalue weighted by Crippen LogP contribution is -2.10.